The summed E-state index contributed by atoms with van der Waals surface area (Å²) in [6.45, 7) is 8.65. The Morgan fingerprint density at radius 2 is 1.16 bits per heavy atom. The molecular weight excluding hydrogens is 304 g/mol. The first-order chi connectivity index (χ1) is 12.0. The molecule has 148 valence electrons. The highest BCUT2D eigenvalue weighted by Gasteiger charge is 2.25. The van der Waals surface area contributed by atoms with Crippen LogP contribution >= 0.6 is 0 Å². The molecule has 25 heavy (non-hydrogen) atoms. The highest BCUT2D eigenvalue weighted by atomic mass is 16.1. The fourth-order valence-electron chi connectivity index (χ4n) is 3.46. The number of hydrogen-bond acceptors (Lipinski definition) is 1. The van der Waals surface area contributed by atoms with Crippen molar-refractivity contribution >= 4 is 5.78 Å². The van der Waals surface area contributed by atoms with Gasteiger partial charge in [0.15, 0.2) is 0 Å². The van der Waals surface area contributed by atoms with E-state index in [1.54, 1.807) is 0 Å². The Bertz CT molecular complexity index is 327. The van der Waals surface area contributed by atoms with E-state index in [1.165, 1.54) is 77.0 Å². The Labute approximate surface area is 159 Å². The first-order valence-electron chi connectivity index (χ1n) is 11.2. The Kier molecular flexibility index (Phi) is 16.5. The third kappa shape index (κ3) is 15.4. The molecule has 0 aliphatic carbocycles. The maximum absolute atomic E-state index is 12.2. The molecule has 0 aromatic heterocycles. The molecule has 0 N–H and O–H groups in total. The molecule has 1 nitrogen and oxygen atoms in total. The number of hydrogen-bond donors (Lipinski definition) is 0. The Morgan fingerprint density at radius 3 is 1.68 bits per heavy atom. The molecule has 0 amide bonds. The van der Waals surface area contributed by atoms with Crippen LogP contribution in [0.25, 0.3) is 0 Å². The van der Waals surface area contributed by atoms with Gasteiger partial charge in [-0.3, -0.25) is 4.79 Å². The number of rotatable bonds is 18. The zero-order valence-electron chi connectivity index (χ0n) is 17.9. The second-order valence-corrected chi connectivity index (χ2v) is 8.39. The van der Waals surface area contributed by atoms with E-state index in [9.17, 15) is 4.79 Å². The van der Waals surface area contributed by atoms with Crippen molar-refractivity contribution in [3.63, 3.8) is 0 Å². The fourth-order valence-corrected chi connectivity index (χ4v) is 3.46. The number of unbranched alkanes of at least 4 members (excludes halogenated alkanes) is 11. The third-order valence-corrected chi connectivity index (χ3v) is 5.30. The molecule has 0 aliphatic rings. The van der Waals surface area contributed by atoms with Crippen molar-refractivity contribution in [3.05, 3.63) is 12.2 Å². The zero-order valence-corrected chi connectivity index (χ0v) is 17.9. The lowest BCUT2D eigenvalue weighted by atomic mass is 9.81. The first kappa shape index (κ1) is 24.4. The topological polar surface area (TPSA) is 17.1 Å². The summed E-state index contributed by atoms with van der Waals surface area (Å²) in [7, 11) is 0. The molecule has 0 aliphatic heterocycles. The summed E-state index contributed by atoms with van der Waals surface area (Å²) in [6.07, 6.45) is 24.7. The van der Waals surface area contributed by atoms with Gasteiger partial charge in [-0.2, -0.15) is 0 Å². The normalized spacial score (nSPS) is 12.2. The maximum Gasteiger partial charge on any atom is 0.138 e. The van der Waals surface area contributed by atoms with Gasteiger partial charge in [0, 0.05) is 11.8 Å². The van der Waals surface area contributed by atoms with Gasteiger partial charge in [0.05, 0.1) is 0 Å². The van der Waals surface area contributed by atoms with Gasteiger partial charge in [0.2, 0.25) is 0 Å². The van der Waals surface area contributed by atoms with Gasteiger partial charge in [-0.05, 0) is 38.5 Å². The van der Waals surface area contributed by atoms with Crippen LogP contribution in [0.4, 0.5) is 0 Å². The van der Waals surface area contributed by atoms with E-state index in [2.05, 4.69) is 39.8 Å². The van der Waals surface area contributed by atoms with Crippen LogP contribution in [-0.2, 0) is 4.79 Å². The Balaban J connectivity index is 3.36. The number of Topliss-reactive ketones (excluding diaryl/α,β-unsaturated/α-hetero) is 1. The monoisotopic (exact) mass is 350 g/mol. The number of carbonyl (C=O) groups excluding carboxylic acids is 1. The minimum atomic E-state index is -0.102. The second-order valence-electron chi connectivity index (χ2n) is 8.39. The van der Waals surface area contributed by atoms with E-state index >= 15 is 0 Å². The molecule has 0 saturated carbocycles. The SMILES string of the molecule is CCCCCCCC/C=C\CCCCCCCC(=O)C(C)(C)CCC. The van der Waals surface area contributed by atoms with E-state index in [0.717, 1.165) is 25.7 Å². The average Bonchev–Trinajstić information content (AvgIpc) is 2.58. The standard InChI is InChI=1S/C24H46O/c1-5-7-8-9-10-11-12-13-14-15-16-17-18-19-20-21-23(25)24(3,4)22-6-2/h13-14H,5-12,15-22H2,1-4H3/b14-13-. The lowest BCUT2D eigenvalue weighted by molar-refractivity contribution is -0.127. The van der Waals surface area contributed by atoms with Crippen molar-refractivity contribution in [2.75, 3.05) is 0 Å². The third-order valence-electron chi connectivity index (χ3n) is 5.30. The van der Waals surface area contributed by atoms with Crippen LogP contribution in [0.5, 0.6) is 0 Å². The van der Waals surface area contributed by atoms with Crippen molar-refractivity contribution in [1.29, 1.82) is 0 Å². The van der Waals surface area contributed by atoms with E-state index in [0.29, 0.717) is 5.78 Å². The maximum atomic E-state index is 12.2. The molecule has 0 aromatic rings. The molecule has 0 atom stereocenters. The van der Waals surface area contributed by atoms with Crippen LogP contribution in [0.2, 0.25) is 0 Å². The van der Waals surface area contributed by atoms with Crippen molar-refractivity contribution in [2.24, 2.45) is 5.41 Å². The van der Waals surface area contributed by atoms with Crippen LogP contribution < -0.4 is 0 Å². The van der Waals surface area contributed by atoms with E-state index < -0.39 is 0 Å². The highest BCUT2D eigenvalue weighted by molar-refractivity contribution is 5.83. The van der Waals surface area contributed by atoms with Gasteiger partial charge in [0.25, 0.3) is 0 Å². The predicted octanol–water partition coefficient (Wildman–Crippen LogP) is 8.42. The minimum Gasteiger partial charge on any atom is -0.299 e. The Hall–Kier alpha value is -0.590. The molecule has 0 spiro atoms. The molecule has 0 rings (SSSR count). The van der Waals surface area contributed by atoms with Gasteiger partial charge in [0.1, 0.15) is 5.78 Å². The van der Waals surface area contributed by atoms with Crippen LogP contribution in [-0.4, -0.2) is 5.78 Å². The smallest absolute Gasteiger partial charge is 0.138 e. The molecule has 0 aromatic carbocycles. The number of ketones is 1. The lowest BCUT2D eigenvalue weighted by Crippen LogP contribution is -2.23. The van der Waals surface area contributed by atoms with Gasteiger partial charge >= 0.3 is 0 Å². The van der Waals surface area contributed by atoms with Crippen molar-refractivity contribution < 1.29 is 4.79 Å². The van der Waals surface area contributed by atoms with Gasteiger partial charge in [-0.1, -0.05) is 97.6 Å². The molecule has 0 bridgehead atoms. The largest absolute Gasteiger partial charge is 0.299 e. The van der Waals surface area contributed by atoms with Crippen LogP contribution in [0.3, 0.4) is 0 Å². The van der Waals surface area contributed by atoms with Crippen molar-refractivity contribution in [1.82, 2.24) is 0 Å². The summed E-state index contributed by atoms with van der Waals surface area (Å²) in [5, 5.41) is 0. The number of allylic oxidation sites excluding steroid dienone is 2. The summed E-state index contributed by atoms with van der Waals surface area (Å²) in [5.41, 5.74) is -0.102. The predicted molar refractivity (Wildman–Crippen MR) is 113 cm³/mol. The van der Waals surface area contributed by atoms with Crippen LogP contribution in [0, 0.1) is 5.41 Å². The van der Waals surface area contributed by atoms with Crippen LogP contribution in [0.1, 0.15) is 130 Å². The quantitative estimate of drug-likeness (QED) is 0.179. The van der Waals surface area contributed by atoms with E-state index in [4.69, 9.17) is 0 Å². The first-order valence-corrected chi connectivity index (χ1v) is 11.2. The second kappa shape index (κ2) is 16.9. The fraction of sp³-hybridized carbons (Fsp3) is 0.875. The molecule has 0 heterocycles. The average molecular weight is 351 g/mol. The zero-order chi connectivity index (χ0) is 18.8. The lowest BCUT2D eigenvalue weighted by Gasteiger charge is -2.22. The molecule has 0 radical (unpaired) electrons. The van der Waals surface area contributed by atoms with Gasteiger partial charge < -0.3 is 0 Å². The molecular formula is C24H46O. The van der Waals surface area contributed by atoms with E-state index in [-0.39, 0.29) is 5.41 Å². The summed E-state index contributed by atoms with van der Waals surface area (Å²) in [5.74, 6) is 0.465. The molecule has 0 fully saturated rings. The highest BCUT2D eigenvalue weighted by Crippen LogP contribution is 2.26. The van der Waals surface area contributed by atoms with Crippen molar-refractivity contribution in [3.8, 4) is 0 Å². The van der Waals surface area contributed by atoms with Gasteiger partial charge in [-0.25, -0.2) is 0 Å². The molecule has 1 heteroatoms. The summed E-state index contributed by atoms with van der Waals surface area (Å²) < 4.78 is 0. The molecule has 0 saturated heterocycles. The Morgan fingerprint density at radius 1 is 0.680 bits per heavy atom. The van der Waals surface area contributed by atoms with Gasteiger partial charge in [-0.15, -0.1) is 0 Å². The summed E-state index contributed by atoms with van der Waals surface area (Å²) in [6, 6.07) is 0. The summed E-state index contributed by atoms with van der Waals surface area (Å²) >= 11 is 0. The van der Waals surface area contributed by atoms with Crippen molar-refractivity contribution in [2.45, 2.75) is 130 Å². The molecule has 0 unspecified atom stereocenters. The van der Waals surface area contributed by atoms with E-state index in [1.807, 2.05) is 0 Å². The van der Waals surface area contributed by atoms with Crippen LogP contribution in [0.15, 0.2) is 12.2 Å². The summed E-state index contributed by atoms with van der Waals surface area (Å²) in [4.78, 5) is 12.2. The number of carbonyl (C=O) groups is 1. The minimum absolute atomic E-state index is 0.102.